The molecule has 0 spiro atoms. The summed E-state index contributed by atoms with van der Waals surface area (Å²) in [5, 5.41) is 11.1. The summed E-state index contributed by atoms with van der Waals surface area (Å²) in [6, 6.07) is 1.94. The van der Waals surface area contributed by atoms with Crippen LogP contribution in [0.2, 0.25) is 0 Å². The lowest BCUT2D eigenvalue weighted by Gasteiger charge is -2.33. The van der Waals surface area contributed by atoms with E-state index in [1.54, 1.807) is 17.1 Å². The average molecular weight is 501 g/mol. The van der Waals surface area contributed by atoms with Crippen LogP contribution in [0.25, 0.3) is 5.65 Å². The first-order valence-electron chi connectivity index (χ1n) is 12.8. The Kier molecular flexibility index (Phi) is 6.92. The zero-order valence-electron chi connectivity index (χ0n) is 21.1. The fourth-order valence-corrected chi connectivity index (χ4v) is 5.30. The molecule has 0 unspecified atom stereocenters. The monoisotopic (exact) mass is 500 g/mol. The molecule has 0 aromatic carbocycles. The van der Waals surface area contributed by atoms with E-state index in [2.05, 4.69) is 51.2 Å². The molecule has 1 N–H and O–H groups in total. The van der Waals surface area contributed by atoms with Crippen LogP contribution in [0.4, 0.5) is 20.3 Å². The first kappa shape index (κ1) is 24.6. The molecule has 1 amide bonds. The van der Waals surface area contributed by atoms with Crippen molar-refractivity contribution in [2.45, 2.75) is 52.0 Å². The molecular formula is C25H34F2N8O. The van der Waals surface area contributed by atoms with Gasteiger partial charge in [-0.3, -0.25) is 9.48 Å². The summed E-state index contributed by atoms with van der Waals surface area (Å²) in [6.45, 7) is 7.99. The molecule has 2 aliphatic rings. The van der Waals surface area contributed by atoms with Gasteiger partial charge in [0.2, 0.25) is 0 Å². The van der Waals surface area contributed by atoms with Gasteiger partial charge in [0.1, 0.15) is 11.4 Å². The quantitative estimate of drug-likeness (QED) is 0.545. The number of hydrogen-bond donors (Lipinski definition) is 1. The minimum Gasteiger partial charge on any atom is -0.354 e. The third-order valence-electron chi connectivity index (χ3n) is 7.70. The summed E-state index contributed by atoms with van der Waals surface area (Å²) in [7, 11) is 2.08. The van der Waals surface area contributed by atoms with Gasteiger partial charge in [-0.1, -0.05) is 13.8 Å². The smallest absolute Gasteiger partial charge is 0.284 e. The number of carbonyl (C=O) groups is 1. The molecule has 2 fully saturated rings. The number of nitrogens with one attached hydrogen (secondary N) is 1. The summed E-state index contributed by atoms with van der Waals surface area (Å²) < 4.78 is 30.8. The lowest BCUT2D eigenvalue weighted by Crippen LogP contribution is -2.44. The van der Waals surface area contributed by atoms with E-state index in [-0.39, 0.29) is 17.3 Å². The highest BCUT2D eigenvalue weighted by Crippen LogP contribution is 2.37. The molecule has 3 aromatic rings. The summed E-state index contributed by atoms with van der Waals surface area (Å²) in [6.07, 6.45) is 5.85. The first-order valence-corrected chi connectivity index (χ1v) is 12.8. The summed E-state index contributed by atoms with van der Waals surface area (Å²) in [5.74, 6) is 1.51. The van der Waals surface area contributed by atoms with E-state index in [1.807, 2.05) is 6.07 Å². The molecule has 0 radical (unpaired) electrons. The topological polar surface area (TPSA) is 83.6 Å². The van der Waals surface area contributed by atoms with Crippen molar-refractivity contribution in [3.8, 4) is 0 Å². The molecule has 1 aliphatic heterocycles. The van der Waals surface area contributed by atoms with Crippen molar-refractivity contribution < 1.29 is 13.6 Å². The number of anilines is 2. The van der Waals surface area contributed by atoms with Crippen LogP contribution in [0.3, 0.4) is 0 Å². The van der Waals surface area contributed by atoms with Gasteiger partial charge in [0, 0.05) is 38.6 Å². The lowest BCUT2D eigenvalue weighted by molar-refractivity contribution is 0.102. The van der Waals surface area contributed by atoms with Gasteiger partial charge in [-0.2, -0.15) is 10.2 Å². The number of likely N-dealkylation sites (N-methyl/N-ethyl adjacent to an activating group) is 1. The van der Waals surface area contributed by atoms with Crippen LogP contribution in [0.1, 0.15) is 68.0 Å². The van der Waals surface area contributed by atoms with Gasteiger partial charge in [-0.15, -0.1) is 0 Å². The molecule has 36 heavy (non-hydrogen) atoms. The molecule has 1 saturated carbocycles. The second-order valence-corrected chi connectivity index (χ2v) is 10.4. The summed E-state index contributed by atoms with van der Waals surface area (Å²) in [4.78, 5) is 22.3. The average Bonchev–Trinajstić information content (AvgIpc) is 3.49. The molecule has 5 rings (SSSR count). The van der Waals surface area contributed by atoms with E-state index >= 15 is 0 Å². The summed E-state index contributed by atoms with van der Waals surface area (Å²) >= 11 is 0. The summed E-state index contributed by atoms with van der Waals surface area (Å²) in [5.41, 5.74) is 0.255. The van der Waals surface area contributed by atoms with Crippen LogP contribution in [0.5, 0.6) is 0 Å². The zero-order valence-corrected chi connectivity index (χ0v) is 21.1. The second-order valence-electron chi connectivity index (χ2n) is 10.4. The normalized spacial score (nSPS) is 21.6. The number of rotatable bonds is 6. The molecule has 194 valence electrons. The van der Waals surface area contributed by atoms with E-state index in [1.165, 1.54) is 10.7 Å². The van der Waals surface area contributed by atoms with Gasteiger partial charge in [-0.05, 0) is 50.6 Å². The third kappa shape index (κ3) is 4.93. The molecule has 1 aliphatic carbocycles. The minimum absolute atomic E-state index is 0.0376. The highest BCUT2D eigenvalue weighted by atomic mass is 19.3. The maximum atomic E-state index is 13.8. The van der Waals surface area contributed by atoms with Crippen LogP contribution < -0.4 is 10.2 Å². The van der Waals surface area contributed by atoms with Crippen molar-refractivity contribution in [2.75, 3.05) is 43.4 Å². The van der Waals surface area contributed by atoms with Crippen molar-refractivity contribution in [1.82, 2.24) is 29.3 Å². The van der Waals surface area contributed by atoms with E-state index in [9.17, 15) is 13.6 Å². The van der Waals surface area contributed by atoms with Gasteiger partial charge < -0.3 is 15.1 Å². The predicted octanol–water partition coefficient (Wildman–Crippen LogP) is 4.25. The van der Waals surface area contributed by atoms with E-state index in [4.69, 9.17) is 0 Å². The van der Waals surface area contributed by atoms with E-state index in [0.717, 1.165) is 57.7 Å². The highest BCUT2D eigenvalue weighted by Gasteiger charge is 2.28. The predicted molar refractivity (Wildman–Crippen MR) is 134 cm³/mol. The number of halogens is 2. The Hall–Kier alpha value is -3.08. The number of nitrogens with zero attached hydrogens (tertiary/aromatic N) is 7. The molecule has 11 heteroatoms. The van der Waals surface area contributed by atoms with Crippen LogP contribution in [0.15, 0.2) is 24.7 Å². The van der Waals surface area contributed by atoms with Crippen molar-refractivity contribution in [1.29, 1.82) is 0 Å². The standard InChI is InChI=1S/C25H34F2N8O/c1-16(2)17-4-6-18(7-5-17)35-15-20(22(31-35)23(26)27)29-25(36)19-14-28-34-9-8-21(30-24(19)34)33-12-10-32(3)11-13-33/h8-9,14-18,23H,4-7,10-13H2,1-3H3,(H,29,36). The van der Waals surface area contributed by atoms with Gasteiger partial charge >= 0.3 is 0 Å². The van der Waals surface area contributed by atoms with Crippen molar-refractivity contribution in [2.24, 2.45) is 11.8 Å². The molecular weight excluding hydrogens is 466 g/mol. The number of fused-ring (bicyclic) bond motifs is 1. The number of hydrogen-bond acceptors (Lipinski definition) is 6. The van der Waals surface area contributed by atoms with Crippen molar-refractivity contribution in [3.63, 3.8) is 0 Å². The van der Waals surface area contributed by atoms with Crippen molar-refractivity contribution >= 4 is 23.1 Å². The fourth-order valence-electron chi connectivity index (χ4n) is 5.30. The largest absolute Gasteiger partial charge is 0.354 e. The molecule has 0 bridgehead atoms. The van der Waals surface area contributed by atoms with Gasteiger partial charge in [-0.25, -0.2) is 18.3 Å². The molecule has 0 atom stereocenters. The molecule has 4 heterocycles. The number of carbonyl (C=O) groups excluding carboxylic acids is 1. The zero-order chi connectivity index (χ0) is 25.4. The molecule has 3 aromatic heterocycles. The molecule has 1 saturated heterocycles. The van der Waals surface area contributed by atoms with Crippen LogP contribution in [-0.2, 0) is 0 Å². The van der Waals surface area contributed by atoms with Gasteiger partial charge in [0.25, 0.3) is 12.3 Å². The van der Waals surface area contributed by atoms with Crippen LogP contribution in [-0.4, -0.2) is 68.4 Å². The number of piperazine rings is 1. The first-order chi connectivity index (χ1) is 17.3. The Morgan fingerprint density at radius 2 is 1.83 bits per heavy atom. The van der Waals surface area contributed by atoms with Gasteiger partial charge in [0.15, 0.2) is 11.3 Å². The lowest BCUT2D eigenvalue weighted by atomic mass is 9.80. The second kappa shape index (κ2) is 10.1. The van der Waals surface area contributed by atoms with Crippen molar-refractivity contribution in [3.05, 3.63) is 35.9 Å². The maximum absolute atomic E-state index is 13.8. The van der Waals surface area contributed by atoms with Crippen LogP contribution in [0, 0.1) is 11.8 Å². The number of amides is 1. The van der Waals surface area contributed by atoms with E-state index < -0.39 is 18.0 Å². The molecule has 9 nitrogen and oxygen atoms in total. The number of alkyl halides is 2. The highest BCUT2D eigenvalue weighted by molar-refractivity contribution is 6.08. The van der Waals surface area contributed by atoms with Crippen LogP contribution >= 0.6 is 0 Å². The SMILES string of the molecule is CC(C)C1CCC(n2cc(NC(=O)c3cnn4ccc(N5CCN(C)CC5)nc34)c(C(F)F)n2)CC1. The van der Waals surface area contributed by atoms with E-state index in [0.29, 0.717) is 17.5 Å². The minimum atomic E-state index is -2.79. The Morgan fingerprint density at radius 1 is 1.11 bits per heavy atom. The maximum Gasteiger partial charge on any atom is 0.284 e. The third-order valence-corrected chi connectivity index (χ3v) is 7.70. The Bertz CT molecular complexity index is 1210. The Labute approximate surface area is 209 Å². The van der Waals surface area contributed by atoms with Gasteiger partial charge in [0.05, 0.1) is 17.9 Å². The Morgan fingerprint density at radius 3 is 2.50 bits per heavy atom. The Balaban J connectivity index is 1.35. The number of aromatic nitrogens is 5. The fraction of sp³-hybridized carbons (Fsp3) is 0.600.